The number of anilines is 1. The molecule has 0 radical (unpaired) electrons. The second-order valence-corrected chi connectivity index (χ2v) is 4.78. The number of hydrogen-bond acceptors (Lipinski definition) is 3. The number of aromatic nitrogens is 2. The molecule has 100 valence electrons. The molecule has 0 spiro atoms. The van der Waals surface area contributed by atoms with Crippen molar-refractivity contribution in [1.82, 2.24) is 9.55 Å². The van der Waals surface area contributed by atoms with Crippen LogP contribution in [0.25, 0.3) is 0 Å². The zero-order valence-corrected chi connectivity index (χ0v) is 11.4. The summed E-state index contributed by atoms with van der Waals surface area (Å²) < 4.78 is 1.72. The zero-order chi connectivity index (χ0) is 13.8. The minimum atomic E-state index is 0.0255. The lowest BCUT2D eigenvalue weighted by molar-refractivity contribution is 0.590. The summed E-state index contributed by atoms with van der Waals surface area (Å²) in [5.74, 6) is 0.776. The van der Waals surface area contributed by atoms with Crippen molar-refractivity contribution in [2.24, 2.45) is 0 Å². The Balaban J connectivity index is 2.02. The highest BCUT2D eigenvalue weighted by molar-refractivity contribution is 5.40. The van der Waals surface area contributed by atoms with E-state index >= 15 is 0 Å². The molecule has 2 rings (SSSR count). The smallest absolute Gasteiger partial charge is 0.253 e. The lowest BCUT2D eigenvalue weighted by Gasteiger charge is -2.09. The van der Waals surface area contributed by atoms with E-state index in [1.807, 2.05) is 32.0 Å². The average molecular weight is 257 g/mol. The monoisotopic (exact) mass is 257 g/mol. The third-order valence-electron chi connectivity index (χ3n) is 3.13. The van der Waals surface area contributed by atoms with Crippen molar-refractivity contribution in [3.8, 4) is 0 Å². The van der Waals surface area contributed by atoms with Crippen molar-refractivity contribution in [1.29, 1.82) is 0 Å². The number of benzene rings is 1. The largest absolute Gasteiger partial charge is 0.399 e. The third kappa shape index (κ3) is 3.44. The van der Waals surface area contributed by atoms with E-state index in [9.17, 15) is 4.79 Å². The van der Waals surface area contributed by atoms with Gasteiger partial charge in [0, 0.05) is 24.0 Å². The van der Waals surface area contributed by atoms with Gasteiger partial charge < -0.3 is 5.73 Å². The van der Waals surface area contributed by atoms with Gasteiger partial charge in [0.1, 0.15) is 5.82 Å². The minimum absolute atomic E-state index is 0.0255. The van der Waals surface area contributed by atoms with E-state index < -0.39 is 0 Å². The van der Waals surface area contributed by atoms with Crippen molar-refractivity contribution in [2.75, 3.05) is 5.73 Å². The highest BCUT2D eigenvalue weighted by Gasteiger charge is 2.03. The van der Waals surface area contributed by atoms with Crippen LogP contribution in [-0.2, 0) is 13.0 Å². The molecule has 4 nitrogen and oxygen atoms in total. The van der Waals surface area contributed by atoms with E-state index in [4.69, 9.17) is 5.73 Å². The molecule has 0 aliphatic carbocycles. The van der Waals surface area contributed by atoms with Crippen LogP contribution in [0.15, 0.2) is 35.1 Å². The molecule has 0 saturated heterocycles. The second-order valence-electron chi connectivity index (χ2n) is 4.78. The molecule has 1 aromatic heterocycles. The number of rotatable bonds is 4. The van der Waals surface area contributed by atoms with E-state index in [2.05, 4.69) is 11.1 Å². The summed E-state index contributed by atoms with van der Waals surface area (Å²) in [7, 11) is 0. The van der Waals surface area contributed by atoms with Crippen LogP contribution in [0.2, 0.25) is 0 Å². The van der Waals surface area contributed by atoms with E-state index in [0.717, 1.165) is 30.0 Å². The Hall–Kier alpha value is -2.10. The first kappa shape index (κ1) is 13.3. The molecular weight excluding hydrogens is 238 g/mol. The summed E-state index contributed by atoms with van der Waals surface area (Å²) in [4.78, 5) is 16.2. The summed E-state index contributed by atoms with van der Waals surface area (Å²) in [5, 5.41) is 0. The molecule has 1 heterocycles. The molecular formula is C15H19N3O. The van der Waals surface area contributed by atoms with E-state index in [-0.39, 0.29) is 5.56 Å². The SMILES string of the molecule is Cc1cc(=O)n(CCCc2cccc(N)c2)c(C)n1. The predicted molar refractivity (Wildman–Crippen MR) is 77.1 cm³/mol. The standard InChI is InChI=1S/C15H19N3O/c1-11-9-15(19)18(12(2)17-11)8-4-6-13-5-3-7-14(16)10-13/h3,5,7,9-10H,4,6,8,16H2,1-2H3. The van der Waals surface area contributed by atoms with Crippen molar-refractivity contribution in [3.05, 3.63) is 57.8 Å². The van der Waals surface area contributed by atoms with E-state index in [1.54, 1.807) is 10.6 Å². The van der Waals surface area contributed by atoms with Crippen LogP contribution in [-0.4, -0.2) is 9.55 Å². The van der Waals surface area contributed by atoms with Gasteiger partial charge in [0.25, 0.3) is 5.56 Å². The third-order valence-corrected chi connectivity index (χ3v) is 3.13. The van der Waals surface area contributed by atoms with Gasteiger partial charge in [0.05, 0.1) is 0 Å². The molecule has 0 bridgehead atoms. The Bertz CT molecular complexity index is 632. The lowest BCUT2D eigenvalue weighted by Crippen LogP contribution is -2.23. The van der Waals surface area contributed by atoms with Crippen LogP contribution >= 0.6 is 0 Å². The Morgan fingerprint density at radius 3 is 2.74 bits per heavy atom. The fourth-order valence-corrected chi connectivity index (χ4v) is 2.23. The summed E-state index contributed by atoms with van der Waals surface area (Å²) in [6.45, 7) is 4.40. The number of nitrogens with two attached hydrogens (primary N) is 1. The van der Waals surface area contributed by atoms with Gasteiger partial charge in [0.2, 0.25) is 0 Å². The molecule has 4 heteroatoms. The van der Waals surface area contributed by atoms with Gasteiger partial charge >= 0.3 is 0 Å². The van der Waals surface area contributed by atoms with Crippen molar-refractivity contribution in [2.45, 2.75) is 33.2 Å². The molecule has 0 saturated carbocycles. The first-order valence-corrected chi connectivity index (χ1v) is 6.46. The van der Waals surface area contributed by atoms with Crippen molar-refractivity contribution < 1.29 is 0 Å². The molecule has 0 fully saturated rings. The molecule has 0 aliphatic rings. The highest BCUT2D eigenvalue weighted by atomic mass is 16.1. The van der Waals surface area contributed by atoms with Gasteiger partial charge in [0.15, 0.2) is 0 Å². The maximum atomic E-state index is 11.9. The van der Waals surface area contributed by atoms with Crippen LogP contribution in [0.3, 0.4) is 0 Å². The lowest BCUT2D eigenvalue weighted by atomic mass is 10.1. The van der Waals surface area contributed by atoms with E-state index in [0.29, 0.717) is 6.54 Å². The molecule has 19 heavy (non-hydrogen) atoms. The maximum Gasteiger partial charge on any atom is 0.253 e. The Morgan fingerprint density at radius 2 is 2.05 bits per heavy atom. The number of nitrogens with zero attached hydrogens (tertiary/aromatic N) is 2. The topological polar surface area (TPSA) is 60.9 Å². The first-order valence-electron chi connectivity index (χ1n) is 6.46. The van der Waals surface area contributed by atoms with E-state index in [1.165, 1.54) is 5.56 Å². The summed E-state index contributed by atoms with van der Waals surface area (Å²) >= 11 is 0. The number of aryl methyl sites for hydroxylation is 3. The summed E-state index contributed by atoms with van der Waals surface area (Å²) in [6, 6.07) is 9.44. The van der Waals surface area contributed by atoms with Gasteiger partial charge in [-0.25, -0.2) is 4.98 Å². The quantitative estimate of drug-likeness (QED) is 0.853. The van der Waals surface area contributed by atoms with Crippen LogP contribution in [0.4, 0.5) is 5.69 Å². The molecule has 2 aromatic rings. The van der Waals surface area contributed by atoms with Crippen molar-refractivity contribution in [3.63, 3.8) is 0 Å². The molecule has 0 atom stereocenters. The average Bonchev–Trinajstić information content (AvgIpc) is 2.32. The number of nitrogen functional groups attached to an aromatic ring is 1. The van der Waals surface area contributed by atoms with Crippen LogP contribution in [0, 0.1) is 13.8 Å². The molecule has 0 unspecified atom stereocenters. The van der Waals surface area contributed by atoms with Gasteiger partial charge in [-0.3, -0.25) is 9.36 Å². The molecule has 0 amide bonds. The first-order chi connectivity index (χ1) is 9.06. The molecule has 2 N–H and O–H groups in total. The zero-order valence-electron chi connectivity index (χ0n) is 11.4. The van der Waals surface area contributed by atoms with Gasteiger partial charge in [-0.05, 0) is 44.4 Å². The predicted octanol–water partition coefficient (Wildman–Crippen LogP) is 2.08. The Morgan fingerprint density at radius 1 is 1.26 bits per heavy atom. The van der Waals surface area contributed by atoms with Gasteiger partial charge in [-0.15, -0.1) is 0 Å². The molecule has 0 aliphatic heterocycles. The minimum Gasteiger partial charge on any atom is -0.399 e. The molecule has 1 aromatic carbocycles. The Kier molecular flexibility index (Phi) is 4.00. The van der Waals surface area contributed by atoms with Crippen LogP contribution < -0.4 is 11.3 Å². The fraction of sp³-hybridized carbons (Fsp3) is 0.333. The second kappa shape index (κ2) is 5.69. The van der Waals surface area contributed by atoms with Crippen LogP contribution in [0.1, 0.15) is 23.5 Å². The van der Waals surface area contributed by atoms with Gasteiger partial charge in [-0.2, -0.15) is 0 Å². The number of hydrogen-bond donors (Lipinski definition) is 1. The summed E-state index contributed by atoms with van der Waals surface area (Å²) in [6.07, 6.45) is 1.81. The van der Waals surface area contributed by atoms with Crippen molar-refractivity contribution >= 4 is 5.69 Å². The van der Waals surface area contributed by atoms with Gasteiger partial charge in [-0.1, -0.05) is 12.1 Å². The maximum absolute atomic E-state index is 11.9. The summed E-state index contributed by atoms with van der Waals surface area (Å²) in [5.41, 5.74) is 8.52. The normalized spacial score (nSPS) is 10.6. The van der Waals surface area contributed by atoms with Crippen LogP contribution in [0.5, 0.6) is 0 Å². The Labute approximate surface area is 112 Å². The fourth-order valence-electron chi connectivity index (χ4n) is 2.23. The highest BCUT2D eigenvalue weighted by Crippen LogP contribution is 2.09.